The first-order valence-corrected chi connectivity index (χ1v) is 6.18. The molecule has 104 valence electrons. The molecule has 1 aromatic carbocycles. The molecule has 0 bridgehead atoms. The zero-order valence-corrected chi connectivity index (χ0v) is 11.3. The summed E-state index contributed by atoms with van der Waals surface area (Å²) < 4.78 is 13.8. The number of hydrogen-bond acceptors (Lipinski definition) is 2. The molecule has 0 aliphatic carbocycles. The summed E-state index contributed by atoms with van der Waals surface area (Å²) in [7, 11) is 0. The van der Waals surface area contributed by atoms with E-state index in [1.165, 1.54) is 12.1 Å². The second kappa shape index (κ2) is 6.31. The van der Waals surface area contributed by atoms with Crippen LogP contribution in [0, 0.1) is 11.7 Å². The Hall–Kier alpha value is -1.91. The highest BCUT2D eigenvalue weighted by molar-refractivity contribution is 5.96. The highest BCUT2D eigenvalue weighted by atomic mass is 19.1. The number of carbonyl (C=O) groups excluding carboxylic acids is 1. The molecule has 1 aromatic rings. The van der Waals surface area contributed by atoms with Crippen molar-refractivity contribution in [2.45, 2.75) is 20.8 Å². The molecular weight excluding hydrogens is 249 g/mol. The first kappa shape index (κ1) is 15.1. The lowest BCUT2D eigenvalue weighted by Gasteiger charge is -2.23. The summed E-state index contributed by atoms with van der Waals surface area (Å²) in [5.74, 6) is -2.14. The summed E-state index contributed by atoms with van der Waals surface area (Å²) >= 11 is 0. The number of carboxylic acids is 1. The van der Waals surface area contributed by atoms with Crippen molar-refractivity contribution < 1.29 is 19.1 Å². The molecule has 4 nitrogen and oxygen atoms in total. The van der Waals surface area contributed by atoms with Gasteiger partial charge in [0.2, 0.25) is 0 Å². The van der Waals surface area contributed by atoms with Crippen LogP contribution in [0.25, 0.3) is 0 Å². The predicted molar refractivity (Wildman–Crippen MR) is 69.8 cm³/mol. The zero-order chi connectivity index (χ0) is 14.6. The third-order valence-electron chi connectivity index (χ3n) is 2.70. The second-order valence-corrected chi connectivity index (χ2v) is 4.74. The Balaban J connectivity index is 3.02. The van der Waals surface area contributed by atoms with E-state index in [9.17, 15) is 14.0 Å². The average molecular weight is 267 g/mol. The van der Waals surface area contributed by atoms with Gasteiger partial charge in [0.15, 0.2) is 0 Å². The fourth-order valence-corrected chi connectivity index (χ4v) is 1.79. The number of aromatic carboxylic acids is 1. The van der Waals surface area contributed by atoms with Crippen molar-refractivity contribution in [3.63, 3.8) is 0 Å². The van der Waals surface area contributed by atoms with Crippen molar-refractivity contribution in [2.24, 2.45) is 5.92 Å². The number of benzene rings is 1. The average Bonchev–Trinajstić information content (AvgIpc) is 2.34. The highest BCUT2D eigenvalue weighted by Crippen LogP contribution is 2.14. The van der Waals surface area contributed by atoms with Gasteiger partial charge in [0, 0.05) is 13.1 Å². The molecule has 0 atom stereocenters. The lowest BCUT2D eigenvalue weighted by molar-refractivity contribution is 0.0691. The molecule has 1 N–H and O–H groups in total. The van der Waals surface area contributed by atoms with Gasteiger partial charge in [0.05, 0.1) is 11.1 Å². The van der Waals surface area contributed by atoms with Gasteiger partial charge in [-0.1, -0.05) is 13.8 Å². The molecule has 1 amide bonds. The predicted octanol–water partition coefficient (Wildman–Crippen LogP) is 2.64. The molecule has 0 aliphatic rings. The maximum absolute atomic E-state index is 13.8. The molecule has 0 saturated carbocycles. The first-order chi connectivity index (χ1) is 8.86. The number of carbonyl (C=O) groups is 2. The Morgan fingerprint density at radius 3 is 2.42 bits per heavy atom. The minimum Gasteiger partial charge on any atom is -0.478 e. The smallest absolute Gasteiger partial charge is 0.335 e. The van der Waals surface area contributed by atoms with Gasteiger partial charge in [-0.3, -0.25) is 4.79 Å². The molecule has 19 heavy (non-hydrogen) atoms. The molecule has 0 aliphatic heterocycles. The molecule has 0 unspecified atom stereocenters. The summed E-state index contributed by atoms with van der Waals surface area (Å²) in [4.78, 5) is 24.4. The third kappa shape index (κ3) is 3.77. The Morgan fingerprint density at radius 1 is 1.37 bits per heavy atom. The SMILES string of the molecule is CCN(CC(C)C)C(=O)c1ccc(C(=O)O)cc1F. The molecule has 1 rings (SSSR count). The van der Waals surface area contributed by atoms with Crippen molar-refractivity contribution in [2.75, 3.05) is 13.1 Å². The first-order valence-electron chi connectivity index (χ1n) is 6.18. The van der Waals surface area contributed by atoms with E-state index in [0.717, 1.165) is 6.07 Å². The van der Waals surface area contributed by atoms with Gasteiger partial charge in [-0.25, -0.2) is 9.18 Å². The van der Waals surface area contributed by atoms with Crippen molar-refractivity contribution >= 4 is 11.9 Å². The fraction of sp³-hybridized carbons (Fsp3) is 0.429. The molecule has 0 saturated heterocycles. The summed E-state index contributed by atoms with van der Waals surface area (Å²) in [6.07, 6.45) is 0. The molecule has 0 radical (unpaired) electrons. The molecule has 0 heterocycles. The van der Waals surface area contributed by atoms with Gasteiger partial charge < -0.3 is 10.0 Å². The number of nitrogens with zero attached hydrogens (tertiary/aromatic N) is 1. The maximum atomic E-state index is 13.8. The van der Waals surface area contributed by atoms with E-state index in [0.29, 0.717) is 13.1 Å². The minimum absolute atomic E-state index is 0.0903. The van der Waals surface area contributed by atoms with E-state index in [1.807, 2.05) is 20.8 Å². The standard InChI is InChI=1S/C14H18FNO3/c1-4-16(8-9(2)3)13(17)11-6-5-10(14(18)19)7-12(11)15/h5-7,9H,4,8H2,1-3H3,(H,18,19). The molecule has 0 spiro atoms. The Kier molecular flexibility index (Phi) is 5.03. The van der Waals surface area contributed by atoms with Crippen molar-refractivity contribution in [3.05, 3.63) is 35.1 Å². The largest absolute Gasteiger partial charge is 0.478 e. The number of halogens is 1. The number of amides is 1. The lowest BCUT2D eigenvalue weighted by atomic mass is 10.1. The van der Waals surface area contributed by atoms with Gasteiger partial charge in [0.25, 0.3) is 5.91 Å². The van der Waals surface area contributed by atoms with Gasteiger partial charge in [-0.05, 0) is 31.0 Å². The molecular formula is C14H18FNO3. The Labute approximate surface area is 111 Å². The minimum atomic E-state index is -1.22. The molecule has 5 heteroatoms. The Bertz CT molecular complexity index is 486. The van der Waals surface area contributed by atoms with E-state index in [1.54, 1.807) is 4.90 Å². The van der Waals surface area contributed by atoms with Crippen LogP contribution in [0.3, 0.4) is 0 Å². The van der Waals surface area contributed by atoms with Crippen molar-refractivity contribution in [1.82, 2.24) is 4.90 Å². The van der Waals surface area contributed by atoms with Crippen molar-refractivity contribution in [3.8, 4) is 0 Å². The van der Waals surface area contributed by atoms with Crippen LogP contribution in [0.4, 0.5) is 4.39 Å². The number of hydrogen-bond donors (Lipinski definition) is 1. The monoisotopic (exact) mass is 267 g/mol. The summed E-state index contributed by atoms with van der Waals surface area (Å²) in [6, 6.07) is 3.34. The second-order valence-electron chi connectivity index (χ2n) is 4.74. The van der Waals surface area contributed by atoms with Gasteiger partial charge >= 0.3 is 5.97 Å². The van der Waals surface area contributed by atoms with E-state index >= 15 is 0 Å². The van der Waals surface area contributed by atoms with Crippen LogP contribution in [-0.4, -0.2) is 35.0 Å². The Morgan fingerprint density at radius 2 is 2.00 bits per heavy atom. The van der Waals surface area contributed by atoms with E-state index in [2.05, 4.69) is 0 Å². The summed E-state index contributed by atoms with van der Waals surface area (Å²) in [5, 5.41) is 8.75. The van der Waals surface area contributed by atoms with E-state index in [-0.39, 0.29) is 17.0 Å². The fourth-order valence-electron chi connectivity index (χ4n) is 1.79. The van der Waals surface area contributed by atoms with Crippen LogP contribution in [0.2, 0.25) is 0 Å². The number of carboxylic acid groups (broad SMARTS) is 1. The quantitative estimate of drug-likeness (QED) is 0.892. The summed E-state index contributed by atoms with van der Waals surface area (Å²) in [6.45, 7) is 6.79. The normalized spacial score (nSPS) is 10.6. The van der Waals surface area contributed by atoms with Crippen LogP contribution < -0.4 is 0 Å². The van der Waals surface area contributed by atoms with E-state index in [4.69, 9.17) is 5.11 Å². The summed E-state index contributed by atoms with van der Waals surface area (Å²) in [5.41, 5.74) is -0.256. The van der Waals surface area contributed by atoms with Crippen LogP contribution in [0.15, 0.2) is 18.2 Å². The highest BCUT2D eigenvalue weighted by Gasteiger charge is 2.19. The van der Waals surface area contributed by atoms with Gasteiger partial charge in [0.1, 0.15) is 5.82 Å². The van der Waals surface area contributed by atoms with Crippen molar-refractivity contribution in [1.29, 1.82) is 0 Å². The van der Waals surface area contributed by atoms with Gasteiger partial charge in [-0.15, -0.1) is 0 Å². The van der Waals surface area contributed by atoms with Crippen LogP contribution >= 0.6 is 0 Å². The topological polar surface area (TPSA) is 57.6 Å². The lowest BCUT2D eigenvalue weighted by Crippen LogP contribution is -2.34. The van der Waals surface area contributed by atoms with Gasteiger partial charge in [-0.2, -0.15) is 0 Å². The molecule has 0 fully saturated rings. The zero-order valence-electron chi connectivity index (χ0n) is 11.3. The molecule has 0 aromatic heterocycles. The number of rotatable bonds is 5. The van der Waals surface area contributed by atoms with Crippen LogP contribution in [0.5, 0.6) is 0 Å². The van der Waals surface area contributed by atoms with E-state index < -0.39 is 17.7 Å². The maximum Gasteiger partial charge on any atom is 0.335 e. The third-order valence-corrected chi connectivity index (χ3v) is 2.70. The van der Waals surface area contributed by atoms with Crippen LogP contribution in [0.1, 0.15) is 41.5 Å². The van der Waals surface area contributed by atoms with Crippen LogP contribution in [-0.2, 0) is 0 Å².